The number of halogens is 3. The molecule has 150 valence electrons. The Kier molecular flexibility index (Phi) is 9.67. The number of nitrogens with zero attached hydrogens (tertiary/aromatic N) is 2. The summed E-state index contributed by atoms with van der Waals surface area (Å²) in [7, 11) is 0. The van der Waals surface area contributed by atoms with Gasteiger partial charge in [0.05, 0.1) is 5.69 Å². The molecule has 2 aromatic rings. The molecule has 0 unspecified atom stereocenters. The van der Waals surface area contributed by atoms with E-state index >= 15 is 0 Å². The molecule has 0 radical (unpaired) electrons. The first-order chi connectivity index (χ1) is 12.1. The molecule has 1 aromatic heterocycles. The van der Waals surface area contributed by atoms with Gasteiger partial charge in [-0.1, -0.05) is 6.92 Å². The highest BCUT2D eigenvalue weighted by Gasteiger charge is 2.28. The number of carbonyl (C=O) groups excluding carboxylic acids is 1. The second-order valence-electron chi connectivity index (χ2n) is 6.42. The second-order valence-corrected chi connectivity index (χ2v) is 7.42. The van der Waals surface area contributed by atoms with Gasteiger partial charge >= 0.3 is 0 Å². The molecular formula is C19H26Cl2FN3OS. The number of benzene rings is 1. The first-order valence-electron chi connectivity index (χ1n) is 8.85. The van der Waals surface area contributed by atoms with Crippen molar-refractivity contribution >= 4 is 42.1 Å². The topological polar surface area (TPSA) is 45.2 Å². The minimum absolute atomic E-state index is 0. The van der Waals surface area contributed by atoms with E-state index in [1.165, 1.54) is 23.5 Å². The van der Waals surface area contributed by atoms with Gasteiger partial charge in [0, 0.05) is 18.2 Å². The van der Waals surface area contributed by atoms with Crippen LogP contribution in [0.3, 0.4) is 0 Å². The first kappa shape index (κ1) is 23.8. The summed E-state index contributed by atoms with van der Waals surface area (Å²) in [6, 6.07) is 6.55. The van der Waals surface area contributed by atoms with Crippen LogP contribution in [-0.2, 0) is 0 Å². The van der Waals surface area contributed by atoms with E-state index in [-0.39, 0.29) is 36.5 Å². The van der Waals surface area contributed by atoms with Crippen molar-refractivity contribution in [2.24, 2.45) is 0 Å². The van der Waals surface area contributed by atoms with Crippen molar-refractivity contribution in [3.05, 3.63) is 40.7 Å². The SMILES string of the molecule is CCCN(C(=O)c1sc(-c2ccc(F)cc2)nc1C)C1CCNCC1.Cl.Cl. The number of carbonyl (C=O) groups is 1. The number of hydrogen-bond acceptors (Lipinski definition) is 4. The van der Waals surface area contributed by atoms with Gasteiger partial charge in [-0.3, -0.25) is 4.79 Å². The molecule has 1 fully saturated rings. The molecule has 1 amide bonds. The van der Waals surface area contributed by atoms with E-state index in [0.717, 1.165) is 55.2 Å². The van der Waals surface area contributed by atoms with Crippen LogP contribution in [0.4, 0.5) is 4.39 Å². The van der Waals surface area contributed by atoms with Gasteiger partial charge in [0.1, 0.15) is 15.7 Å². The van der Waals surface area contributed by atoms with Crippen molar-refractivity contribution in [2.45, 2.75) is 39.2 Å². The van der Waals surface area contributed by atoms with Crippen LogP contribution in [0.1, 0.15) is 41.6 Å². The molecule has 0 spiro atoms. The average molecular weight is 434 g/mol. The van der Waals surface area contributed by atoms with Gasteiger partial charge in [-0.2, -0.15) is 0 Å². The summed E-state index contributed by atoms with van der Waals surface area (Å²) in [6.45, 7) is 6.67. The van der Waals surface area contributed by atoms with Crippen LogP contribution in [0.15, 0.2) is 24.3 Å². The number of aromatic nitrogens is 1. The minimum Gasteiger partial charge on any atom is -0.335 e. The number of amides is 1. The Balaban J connectivity index is 0.00000182. The van der Waals surface area contributed by atoms with Crippen molar-refractivity contribution in [3.63, 3.8) is 0 Å². The Morgan fingerprint density at radius 2 is 1.89 bits per heavy atom. The van der Waals surface area contributed by atoms with Crippen LogP contribution in [0.25, 0.3) is 10.6 Å². The fourth-order valence-electron chi connectivity index (χ4n) is 3.25. The molecule has 1 saturated heterocycles. The number of piperidine rings is 1. The standard InChI is InChI=1S/C19H24FN3OS.2ClH/c1-3-12-23(16-8-10-21-11-9-16)19(24)17-13(2)22-18(25-17)14-4-6-15(20)7-5-14;;/h4-7,16,21H,3,8-12H2,1-2H3;2*1H. The van der Waals surface area contributed by atoms with E-state index in [4.69, 9.17) is 0 Å². The van der Waals surface area contributed by atoms with E-state index in [1.54, 1.807) is 12.1 Å². The lowest BCUT2D eigenvalue weighted by atomic mass is 10.0. The van der Waals surface area contributed by atoms with Crippen molar-refractivity contribution in [1.29, 1.82) is 0 Å². The van der Waals surface area contributed by atoms with Gasteiger partial charge in [-0.15, -0.1) is 36.2 Å². The van der Waals surface area contributed by atoms with Crippen LogP contribution in [0.2, 0.25) is 0 Å². The fourth-order valence-corrected chi connectivity index (χ4v) is 4.28. The Bertz CT molecular complexity index is 733. The monoisotopic (exact) mass is 433 g/mol. The zero-order valence-corrected chi connectivity index (χ0v) is 18.0. The van der Waals surface area contributed by atoms with E-state index in [0.29, 0.717) is 10.9 Å². The zero-order chi connectivity index (χ0) is 17.8. The Labute approximate surface area is 176 Å². The molecule has 0 saturated carbocycles. The molecule has 1 N–H and O–H groups in total. The number of hydrogen-bond donors (Lipinski definition) is 1. The largest absolute Gasteiger partial charge is 0.335 e. The first-order valence-corrected chi connectivity index (χ1v) is 9.67. The van der Waals surface area contributed by atoms with Gasteiger partial charge in [0.2, 0.25) is 0 Å². The van der Waals surface area contributed by atoms with Gasteiger partial charge in [-0.25, -0.2) is 9.37 Å². The summed E-state index contributed by atoms with van der Waals surface area (Å²) in [5.41, 5.74) is 1.60. The van der Waals surface area contributed by atoms with E-state index in [9.17, 15) is 9.18 Å². The highest BCUT2D eigenvalue weighted by molar-refractivity contribution is 7.17. The lowest BCUT2D eigenvalue weighted by Gasteiger charge is -2.34. The van der Waals surface area contributed by atoms with Crippen LogP contribution in [-0.4, -0.2) is 41.5 Å². The Morgan fingerprint density at radius 1 is 1.26 bits per heavy atom. The third-order valence-electron chi connectivity index (χ3n) is 4.56. The van der Waals surface area contributed by atoms with Gasteiger partial charge in [-0.05, 0) is 63.5 Å². The Morgan fingerprint density at radius 3 is 2.48 bits per heavy atom. The third kappa shape index (κ3) is 5.64. The average Bonchev–Trinajstić information content (AvgIpc) is 3.02. The molecule has 1 aromatic carbocycles. The van der Waals surface area contributed by atoms with Crippen molar-refractivity contribution in [1.82, 2.24) is 15.2 Å². The number of nitrogens with one attached hydrogen (secondary N) is 1. The van der Waals surface area contributed by atoms with Crippen LogP contribution in [0.5, 0.6) is 0 Å². The molecule has 2 heterocycles. The van der Waals surface area contributed by atoms with Crippen LogP contribution < -0.4 is 5.32 Å². The maximum absolute atomic E-state index is 13.2. The molecule has 0 aliphatic carbocycles. The maximum Gasteiger partial charge on any atom is 0.266 e. The molecule has 8 heteroatoms. The molecule has 4 nitrogen and oxygen atoms in total. The molecule has 1 aliphatic heterocycles. The Hall–Kier alpha value is -1.21. The lowest BCUT2D eigenvalue weighted by Crippen LogP contribution is -2.46. The summed E-state index contributed by atoms with van der Waals surface area (Å²) < 4.78 is 13.1. The molecule has 27 heavy (non-hydrogen) atoms. The van der Waals surface area contributed by atoms with Gasteiger partial charge in [0.25, 0.3) is 5.91 Å². The molecule has 0 atom stereocenters. The highest BCUT2D eigenvalue weighted by Crippen LogP contribution is 2.30. The second kappa shape index (κ2) is 11.0. The van der Waals surface area contributed by atoms with E-state index in [1.807, 2.05) is 11.8 Å². The zero-order valence-electron chi connectivity index (χ0n) is 15.5. The summed E-state index contributed by atoms with van der Waals surface area (Å²) in [6.07, 6.45) is 2.93. The highest BCUT2D eigenvalue weighted by atomic mass is 35.5. The summed E-state index contributed by atoms with van der Waals surface area (Å²) in [4.78, 5) is 20.4. The number of aryl methyl sites for hydroxylation is 1. The quantitative estimate of drug-likeness (QED) is 0.742. The molecule has 3 rings (SSSR count). The predicted octanol–water partition coefficient (Wildman–Crippen LogP) is 4.71. The fraction of sp³-hybridized carbons (Fsp3) is 0.474. The smallest absolute Gasteiger partial charge is 0.266 e. The van der Waals surface area contributed by atoms with Crippen molar-refractivity contribution < 1.29 is 9.18 Å². The summed E-state index contributed by atoms with van der Waals surface area (Å²) in [5.74, 6) is -0.189. The molecule has 1 aliphatic rings. The summed E-state index contributed by atoms with van der Waals surface area (Å²) in [5, 5.41) is 4.12. The predicted molar refractivity (Wildman–Crippen MR) is 114 cm³/mol. The van der Waals surface area contributed by atoms with E-state index < -0.39 is 0 Å². The van der Waals surface area contributed by atoms with Crippen molar-refractivity contribution in [2.75, 3.05) is 19.6 Å². The van der Waals surface area contributed by atoms with Crippen molar-refractivity contribution in [3.8, 4) is 10.6 Å². The normalized spacial score (nSPS) is 14.2. The van der Waals surface area contributed by atoms with Crippen LogP contribution >= 0.6 is 36.2 Å². The van der Waals surface area contributed by atoms with Gasteiger partial charge < -0.3 is 10.2 Å². The summed E-state index contributed by atoms with van der Waals surface area (Å²) >= 11 is 1.40. The van der Waals surface area contributed by atoms with Gasteiger partial charge in [0.15, 0.2) is 0 Å². The van der Waals surface area contributed by atoms with E-state index in [2.05, 4.69) is 17.2 Å². The maximum atomic E-state index is 13.2. The number of thiazole rings is 1. The number of rotatable bonds is 5. The molecule has 0 bridgehead atoms. The lowest BCUT2D eigenvalue weighted by molar-refractivity contribution is 0.0646. The minimum atomic E-state index is -0.270. The third-order valence-corrected chi connectivity index (χ3v) is 5.75. The van der Waals surface area contributed by atoms with Crippen LogP contribution in [0, 0.1) is 12.7 Å². The molecular weight excluding hydrogens is 408 g/mol.